The van der Waals surface area contributed by atoms with Crippen LogP contribution in [0.2, 0.25) is 0 Å². The molecule has 1 amide bonds. The van der Waals surface area contributed by atoms with Crippen molar-refractivity contribution in [3.8, 4) is 5.75 Å². The van der Waals surface area contributed by atoms with E-state index in [9.17, 15) is 4.79 Å². The zero-order valence-corrected chi connectivity index (χ0v) is 6.47. The van der Waals surface area contributed by atoms with Gasteiger partial charge in [-0.3, -0.25) is 10.2 Å². The summed E-state index contributed by atoms with van der Waals surface area (Å²) in [7, 11) is 1.18. The Hall–Kier alpha value is -1.62. The van der Waals surface area contributed by atoms with Gasteiger partial charge in [0.25, 0.3) is 0 Å². The molecule has 0 spiro atoms. The fourth-order valence-electron chi connectivity index (χ4n) is 0.574. The first-order valence-corrected chi connectivity index (χ1v) is 3.24. The molecule has 64 valence electrons. The number of hydroxylamine groups is 2. The van der Waals surface area contributed by atoms with Crippen molar-refractivity contribution in [1.82, 2.24) is 10.0 Å². The number of nitrogens with zero attached hydrogens (tertiary/aromatic N) is 2. The van der Waals surface area contributed by atoms with Crippen LogP contribution in [0.15, 0.2) is 24.5 Å². The second-order valence-electron chi connectivity index (χ2n) is 2.08. The van der Waals surface area contributed by atoms with Crippen molar-refractivity contribution >= 4 is 6.09 Å². The summed E-state index contributed by atoms with van der Waals surface area (Å²) in [5.41, 5.74) is 0. The second-order valence-corrected chi connectivity index (χ2v) is 2.08. The molecule has 0 saturated heterocycles. The number of aromatic nitrogens is 1. The minimum atomic E-state index is -0.844. The first-order valence-electron chi connectivity index (χ1n) is 3.24. The highest BCUT2D eigenvalue weighted by molar-refractivity contribution is 5.68. The molecule has 12 heavy (non-hydrogen) atoms. The Morgan fingerprint density at radius 1 is 1.75 bits per heavy atom. The van der Waals surface area contributed by atoms with Gasteiger partial charge in [-0.05, 0) is 12.1 Å². The Morgan fingerprint density at radius 2 is 2.50 bits per heavy atom. The second kappa shape index (κ2) is 3.68. The van der Waals surface area contributed by atoms with Crippen molar-refractivity contribution in [3.63, 3.8) is 0 Å². The van der Waals surface area contributed by atoms with Gasteiger partial charge in [0.2, 0.25) is 0 Å². The van der Waals surface area contributed by atoms with Crippen molar-refractivity contribution in [2.75, 3.05) is 7.05 Å². The average Bonchev–Trinajstić information content (AvgIpc) is 2.06. The van der Waals surface area contributed by atoms with E-state index in [0.29, 0.717) is 10.8 Å². The van der Waals surface area contributed by atoms with Gasteiger partial charge in [-0.25, -0.2) is 4.79 Å². The van der Waals surface area contributed by atoms with E-state index in [1.165, 1.54) is 13.2 Å². The quantitative estimate of drug-likeness (QED) is 0.500. The lowest BCUT2D eigenvalue weighted by Gasteiger charge is -2.07. The van der Waals surface area contributed by atoms with Crippen molar-refractivity contribution in [2.24, 2.45) is 0 Å². The van der Waals surface area contributed by atoms with Crippen LogP contribution in [-0.4, -0.2) is 28.4 Å². The molecule has 0 aliphatic heterocycles. The minimum Gasteiger partial charge on any atom is -0.407 e. The van der Waals surface area contributed by atoms with Crippen molar-refractivity contribution < 1.29 is 14.7 Å². The molecule has 5 heteroatoms. The highest BCUT2D eigenvalue weighted by Crippen LogP contribution is 2.06. The number of hydrogen-bond donors (Lipinski definition) is 1. The molecule has 0 fully saturated rings. The average molecular weight is 168 g/mol. The molecule has 0 atom stereocenters. The van der Waals surface area contributed by atoms with Crippen LogP contribution in [0, 0.1) is 0 Å². The van der Waals surface area contributed by atoms with Crippen LogP contribution < -0.4 is 4.74 Å². The lowest BCUT2D eigenvalue weighted by Crippen LogP contribution is -2.25. The monoisotopic (exact) mass is 168 g/mol. The number of hydrogen-bond acceptors (Lipinski definition) is 4. The predicted molar refractivity (Wildman–Crippen MR) is 39.8 cm³/mol. The molecule has 1 heterocycles. The van der Waals surface area contributed by atoms with Gasteiger partial charge in [0.15, 0.2) is 5.75 Å². The summed E-state index contributed by atoms with van der Waals surface area (Å²) in [5.74, 6) is 0.295. The molecular weight excluding hydrogens is 160 g/mol. The minimum absolute atomic E-state index is 0.295. The van der Waals surface area contributed by atoms with Crippen LogP contribution in [0.4, 0.5) is 4.79 Å². The maximum absolute atomic E-state index is 10.7. The lowest BCUT2D eigenvalue weighted by molar-refractivity contribution is -0.0372. The third-order valence-electron chi connectivity index (χ3n) is 1.10. The summed E-state index contributed by atoms with van der Waals surface area (Å²) >= 11 is 0. The molecule has 0 bridgehead atoms. The molecule has 0 aliphatic carbocycles. The maximum atomic E-state index is 10.7. The summed E-state index contributed by atoms with van der Waals surface area (Å²) in [5, 5.41) is 8.97. The van der Waals surface area contributed by atoms with Gasteiger partial charge in [0.05, 0.1) is 6.20 Å². The summed E-state index contributed by atoms with van der Waals surface area (Å²) in [6.07, 6.45) is 2.09. The van der Waals surface area contributed by atoms with Crippen molar-refractivity contribution in [1.29, 1.82) is 0 Å². The van der Waals surface area contributed by atoms with Crippen LogP contribution in [0.25, 0.3) is 0 Å². The fraction of sp³-hybridized carbons (Fsp3) is 0.143. The molecule has 0 unspecified atom stereocenters. The largest absolute Gasteiger partial charge is 0.438 e. The molecule has 1 N–H and O–H groups in total. The van der Waals surface area contributed by atoms with Crippen molar-refractivity contribution in [2.45, 2.75) is 0 Å². The van der Waals surface area contributed by atoms with E-state index in [-0.39, 0.29) is 0 Å². The molecule has 5 nitrogen and oxygen atoms in total. The molecular formula is C7H8N2O3. The van der Waals surface area contributed by atoms with E-state index < -0.39 is 6.09 Å². The van der Waals surface area contributed by atoms with Crippen LogP contribution >= 0.6 is 0 Å². The number of carbonyl (C=O) groups is 1. The zero-order chi connectivity index (χ0) is 8.97. The molecule has 0 aromatic carbocycles. The Bertz CT molecular complexity index is 261. The lowest BCUT2D eigenvalue weighted by atomic mass is 10.5. The fourth-order valence-corrected chi connectivity index (χ4v) is 0.574. The van der Waals surface area contributed by atoms with Gasteiger partial charge in [0, 0.05) is 13.2 Å². The van der Waals surface area contributed by atoms with Gasteiger partial charge in [-0.1, -0.05) is 0 Å². The highest BCUT2D eigenvalue weighted by atomic mass is 16.6. The third kappa shape index (κ3) is 2.21. The number of carbonyl (C=O) groups excluding carboxylic acids is 1. The first kappa shape index (κ1) is 8.48. The van der Waals surface area contributed by atoms with Crippen LogP contribution in [0.1, 0.15) is 0 Å². The van der Waals surface area contributed by atoms with Crippen LogP contribution in [0.5, 0.6) is 5.75 Å². The highest BCUT2D eigenvalue weighted by Gasteiger charge is 2.07. The van der Waals surface area contributed by atoms with E-state index in [1.807, 2.05) is 0 Å². The summed E-state index contributed by atoms with van der Waals surface area (Å²) in [6.45, 7) is 0. The number of ether oxygens (including phenoxy) is 1. The molecule has 1 aromatic rings. The summed E-state index contributed by atoms with van der Waals surface area (Å²) in [6, 6.07) is 3.19. The Kier molecular flexibility index (Phi) is 2.60. The van der Waals surface area contributed by atoms with Gasteiger partial charge in [-0.2, -0.15) is 5.06 Å². The summed E-state index contributed by atoms with van der Waals surface area (Å²) in [4.78, 5) is 14.5. The summed E-state index contributed by atoms with van der Waals surface area (Å²) < 4.78 is 4.65. The van der Waals surface area contributed by atoms with Gasteiger partial charge in [-0.15, -0.1) is 0 Å². The van der Waals surface area contributed by atoms with Crippen molar-refractivity contribution in [3.05, 3.63) is 24.5 Å². The molecule has 1 rings (SSSR count). The molecule has 0 saturated carbocycles. The number of rotatable bonds is 1. The smallest absolute Gasteiger partial charge is 0.407 e. The van der Waals surface area contributed by atoms with E-state index in [1.54, 1.807) is 18.3 Å². The molecule has 0 radical (unpaired) electrons. The SMILES string of the molecule is CN(O)C(=O)Oc1cccnc1. The Labute approximate surface area is 69.2 Å². The van der Waals surface area contributed by atoms with Gasteiger partial charge >= 0.3 is 6.09 Å². The van der Waals surface area contributed by atoms with E-state index in [2.05, 4.69) is 9.72 Å². The van der Waals surface area contributed by atoms with Crippen LogP contribution in [0.3, 0.4) is 0 Å². The predicted octanol–water partition coefficient (Wildman–Crippen LogP) is 0.901. The molecule has 1 aromatic heterocycles. The van der Waals surface area contributed by atoms with E-state index in [4.69, 9.17) is 5.21 Å². The van der Waals surface area contributed by atoms with E-state index >= 15 is 0 Å². The molecule has 0 aliphatic rings. The third-order valence-corrected chi connectivity index (χ3v) is 1.10. The number of pyridine rings is 1. The maximum Gasteiger partial charge on any atom is 0.438 e. The topological polar surface area (TPSA) is 62.7 Å². The Morgan fingerprint density at radius 3 is 3.00 bits per heavy atom. The van der Waals surface area contributed by atoms with E-state index in [0.717, 1.165) is 0 Å². The van der Waals surface area contributed by atoms with Crippen LogP contribution in [-0.2, 0) is 0 Å². The van der Waals surface area contributed by atoms with Gasteiger partial charge in [0.1, 0.15) is 0 Å². The Balaban J connectivity index is 2.59. The first-order chi connectivity index (χ1) is 5.70. The van der Waals surface area contributed by atoms with Gasteiger partial charge < -0.3 is 4.74 Å². The normalized spacial score (nSPS) is 9.17. The standard InChI is InChI=1S/C7H8N2O3/c1-9(11)7(10)12-6-3-2-4-8-5-6/h2-5,11H,1H3. The number of amides is 1. The zero-order valence-electron chi connectivity index (χ0n) is 6.47.